The number of rotatable bonds is 10. The first kappa shape index (κ1) is 32.9. The van der Waals surface area contributed by atoms with Gasteiger partial charge in [0.1, 0.15) is 5.75 Å². The molecule has 1 amide bonds. The lowest BCUT2D eigenvalue weighted by atomic mass is 9.77. The zero-order chi connectivity index (χ0) is 29.9. The summed E-state index contributed by atoms with van der Waals surface area (Å²) in [5, 5.41) is 13.6. The Labute approximate surface area is 241 Å². The highest BCUT2D eigenvalue weighted by Crippen LogP contribution is 2.59. The van der Waals surface area contributed by atoms with E-state index in [2.05, 4.69) is 19.3 Å². The fraction of sp³-hybridized carbons (Fsp3) is 0.633. The number of benzene rings is 1. The Morgan fingerprint density at radius 1 is 1.12 bits per heavy atom. The van der Waals surface area contributed by atoms with Crippen molar-refractivity contribution in [3.8, 4) is 5.75 Å². The van der Waals surface area contributed by atoms with Gasteiger partial charge in [-0.05, 0) is 65.4 Å². The lowest BCUT2D eigenvalue weighted by molar-refractivity contribution is -0.170. The number of amides is 1. The molecule has 2 heterocycles. The Bertz CT molecular complexity index is 1170. The number of nitrogens with zero attached hydrogens (tertiary/aromatic N) is 1. The van der Waals surface area contributed by atoms with Gasteiger partial charge in [0.15, 0.2) is 6.29 Å². The van der Waals surface area contributed by atoms with E-state index in [0.29, 0.717) is 18.1 Å². The van der Waals surface area contributed by atoms with E-state index in [1.165, 1.54) is 4.90 Å². The summed E-state index contributed by atoms with van der Waals surface area (Å²) < 4.78 is 23.4. The molecule has 0 bridgehead atoms. The van der Waals surface area contributed by atoms with E-state index in [4.69, 9.17) is 9.47 Å². The van der Waals surface area contributed by atoms with E-state index in [9.17, 15) is 24.3 Å². The minimum Gasteiger partial charge on any atom is -0.507 e. The van der Waals surface area contributed by atoms with Crippen LogP contribution in [-0.4, -0.2) is 69.4 Å². The average molecular weight is 598 g/mol. The quantitative estimate of drug-likeness (QED) is 0.218. The predicted molar refractivity (Wildman–Crippen MR) is 164 cm³/mol. The van der Waals surface area contributed by atoms with Gasteiger partial charge >= 0.3 is 7.60 Å². The van der Waals surface area contributed by atoms with Crippen LogP contribution < -0.4 is 0 Å². The topological polar surface area (TPSA) is 117 Å². The standard InChI is InChI=1S/C30H48NO7PS/c1-8-40(9-2)17-14-31(13-16-39(34,35)36)28(33)25(40)20-22-18-23(29(3,4)5)27(32)24(19-22)30(6,7)21-38-26-12-10-11-15-37-26/h14,17-20,26,32H,8-13,15-16,21H2,1-7H3,(H2,34,35,36)/b25-20+. The monoisotopic (exact) mass is 597 g/mol. The van der Waals surface area contributed by atoms with Crippen LogP contribution in [0.2, 0.25) is 0 Å². The smallest absolute Gasteiger partial charge is 0.327 e. The molecule has 226 valence electrons. The van der Waals surface area contributed by atoms with Gasteiger partial charge in [-0.15, -0.1) is 0 Å². The molecule has 10 heteroatoms. The SMILES string of the molecule is CCS1(CC)C=CN(CCP(=O)(O)O)C(=O)/C1=C\c1cc(C(C)(C)C)c(O)c(C(C)(C)COC2CCCCO2)c1. The zero-order valence-corrected chi connectivity index (χ0v) is 26.8. The Kier molecular flexibility index (Phi) is 10.5. The molecule has 1 aromatic carbocycles. The molecular weight excluding hydrogens is 549 g/mol. The van der Waals surface area contributed by atoms with Crippen molar-refractivity contribution < 1.29 is 33.7 Å². The van der Waals surface area contributed by atoms with Gasteiger partial charge in [0.2, 0.25) is 0 Å². The molecule has 1 saturated heterocycles. The van der Waals surface area contributed by atoms with Crippen LogP contribution in [0.4, 0.5) is 0 Å². The molecule has 2 aliphatic rings. The van der Waals surface area contributed by atoms with E-state index >= 15 is 0 Å². The van der Waals surface area contributed by atoms with E-state index in [-0.39, 0.29) is 29.9 Å². The minimum atomic E-state index is -4.25. The summed E-state index contributed by atoms with van der Waals surface area (Å²) in [6.07, 6.45) is 5.96. The van der Waals surface area contributed by atoms with Crippen LogP contribution in [0.5, 0.6) is 5.75 Å². The average Bonchev–Trinajstić information content (AvgIpc) is 2.88. The van der Waals surface area contributed by atoms with Crippen molar-refractivity contribution in [3.63, 3.8) is 0 Å². The summed E-state index contributed by atoms with van der Waals surface area (Å²) in [7, 11) is -5.84. The number of hydrogen-bond donors (Lipinski definition) is 3. The van der Waals surface area contributed by atoms with Crippen molar-refractivity contribution in [2.75, 3.05) is 37.4 Å². The summed E-state index contributed by atoms with van der Waals surface area (Å²) in [6.45, 7) is 15.4. The first-order valence-electron chi connectivity index (χ1n) is 14.2. The molecule has 3 N–H and O–H groups in total. The highest BCUT2D eigenvalue weighted by atomic mass is 32.3. The van der Waals surface area contributed by atoms with Gasteiger partial charge in [0.05, 0.1) is 17.7 Å². The predicted octanol–water partition coefficient (Wildman–Crippen LogP) is 6.19. The molecule has 0 radical (unpaired) electrons. The third kappa shape index (κ3) is 7.81. The van der Waals surface area contributed by atoms with Crippen molar-refractivity contribution in [2.45, 2.75) is 84.8 Å². The van der Waals surface area contributed by atoms with Crippen LogP contribution in [0.15, 0.2) is 28.6 Å². The van der Waals surface area contributed by atoms with Crippen molar-refractivity contribution in [1.82, 2.24) is 4.90 Å². The first-order valence-corrected chi connectivity index (χ1v) is 18.0. The molecule has 1 unspecified atom stereocenters. The van der Waals surface area contributed by atoms with Gasteiger partial charge in [0.25, 0.3) is 5.91 Å². The van der Waals surface area contributed by atoms with Crippen LogP contribution in [0.1, 0.15) is 84.4 Å². The fourth-order valence-corrected chi connectivity index (χ4v) is 8.40. The third-order valence-electron chi connectivity index (χ3n) is 7.81. The van der Waals surface area contributed by atoms with Crippen molar-refractivity contribution >= 4 is 29.6 Å². The maximum atomic E-state index is 13.8. The zero-order valence-electron chi connectivity index (χ0n) is 25.1. The molecule has 3 rings (SSSR count). The van der Waals surface area contributed by atoms with Crippen LogP contribution in [0, 0.1) is 0 Å². The largest absolute Gasteiger partial charge is 0.507 e. The molecule has 40 heavy (non-hydrogen) atoms. The summed E-state index contributed by atoms with van der Waals surface area (Å²) in [5.41, 5.74) is 1.44. The van der Waals surface area contributed by atoms with Gasteiger partial charge < -0.3 is 29.3 Å². The van der Waals surface area contributed by atoms with Crippen molar-refractivity contribution in [3.05, 3.63) is 45.3 Å². The normalized spacial score (nSPS) is 22.1. The Morgan fingerprint density at radius 3 is 2.33 bits per heavy atom. The summed E-state index contributed by atoms with van der Waals surface area (Å²) >= 11 is 0. The number of carbonyl (C=O) groups is 1. The second-order valence-corrected chi connectivity index (χ2v) is 17.9. The maximum Gasteiger partial charge on any atom is 0.327 e. The number of phenols is 1. The maximum absolute atomic E-state index is 13.8. The van der Waals surface area contributed by atoms with Crippen LogP contribution >= 0.6 is 17.6 Å². The Morgan fingerprint density at radius 2 is 1.77 bits per heavy atom. The third-order valence-corrected chi connectivity index (χ3v) is 12.5. The Hall–Kier alpha value is -1.61. The van der Waals surface area contributed by atoms with Crippen LogP contribution in [0.3, 0.4) is 0 Å². The highest BCUT2D eigenvalue weighted by molar-refractivity contribution is 8.39. The molecule has 1 fully saturated rings. The minimum absolute atomic E-state index is 0.0540. The molecule has 1 aromatic rings. The second kappa shape index (κ2) is 12.7. The van der Waals surface area contributed by atoms with Gasteiger partial charge in [0, 0.05) is 35.9 Å². The molecule has 1 atom stereocenters. The van der Waals surface area contributed by atoms with Gasteiger partial charge in [-0.3, -0.25) is 9.36 Å². The molecule has 0 spiro atoms. The molecule has 2 aliphatic heterocycles. The number of phenolic OH excluding ortho intramolecular Hbond substituents is 1. The van der Waals surface area contributed by atoms with Gasteiger partial charge in [-0.2, -0.15) is 10.0 Å². The molecular formula is C30H48NO7PS. The number of aromatic hydroxyl groups is 1. The van der Waals surface area contributed by atoms with E-state index < -0.39 is 29.2 Å². The number of hydrogen-bond acceptors (Lipinski definition) is 5. The Balaban J connectivity index is 2.09. The molecule has 0 saturated carbocycles. The first-order chi connectivity index (χ1) is 18.5. The molecule has 0 aliphatic carbocycles. The lowest BCUT2D eigenvalue weighted by Gasteiger charge is -2.42. The van der Waals surface area contributed by atoms with E-state index in [1.807, 2.05) is 52.8 Å². The number of carbonyl (C=O) groups excluding carboxylic acids is 1. The summed E-state index contributed by atoms with van der Waals surface area (Å²) in [6, 6.07) is 3.90. The molecule has 0 aromatic heterocycles. The number of ether oxygens (including phenoxy) is 2. The molecule has 8 nitrogen and oxygen atoms in total. The van der Waals surface area contributed by atoms with E-state index in [0.717, 1.165) is 47.5 Å². The fourth-order valence-electron chi connectivity index (χ4n) is 5.15. The van der Waals surface area contributed by atoms with Gasteiger partial charge in [-0.25, -0.2) is 0 Å². The second-order valence-electron chi connectivity index (χ2n) is 12.4. The lowest BCUT2D eigenvalue weighted by Crippen LogP contribution is -2.35. The van der Waals surface area contributed by atoms with Crippen LogP contribution in [-0.2, 0) is 29.7 Å². The highest BCUT2D eigenvalue weighted by Gasteiger charge is 2.36. The summed E-state index contributed by atoms with van der Waals surface area (Å²) in [5.74, 6) is 1.57. The van der Waals surface area contributed by atoms with Crippen LogP contribution in [0.25, 0.3) is 6.08 Å². The van der Waals surface area contributed by atoms with Crippen molar-refractivity contribution in [2.24, 2.45) is 0 Å². The van der Waals surface area contributed by atoms with E-state index in [1.54, 1.807) is 6.20 Å². The summed E-state index contributed by atoms with van der Waals surface area (Å²) in [4.78, 5) is 34.6. The van der Waals surface area contributed by atoms with Crippen molar-refractivity contribution in [1.29, 1.82) is 0 Å². The van der Waals surface area contributed by atoms with Gasteiger partial charge in [-0.1, -0.05) is 48.5 Å².